The van der Waals surface area contributed by atoms with E-state index in [2.05, 4.69) is 20.7 Å². The summed E-state index contributed by atoms with van der Waals surface area (Å²) in [5, 5.41) is 9.29. The summed E-state index contributed by atoms with van der Waals surface area (Å²) >= 11 is 0. The predicted octanol–water partition coefficient (Wildman–Crippen LogP) is 2.06. The zero-order valence-electron chi connectivity index (χ0n) is 15.9. The molecule has 3 rings (SSSR count). The highest BCUT2D eigenvalue weighted by Gasteiger charge is 2.31. The number of hydrogen-bond acceptors (Lipinski definition) is 5. The number of halogens is 1. The van der Waals surface area contributed by atoms with E-state index < -0.39 is 0 Å². The van der Waals surface area contributed by atoms with Gasteiger partial charge in [-0.05, 0) is 43.7 Å². The molecule has 150 valence electrons. The van der Waals surface area contributed by atoms with Gasteiger partial charge in [-0.25, -0.2) is 4.39 Å². The highest BCUT2D eigenvalue weighted by Crippen LogP contribution is 2.20. The first-order valence-corrected chi connectivity index (χ1v) is 9.51. The molecular weight excluding hydrogens is 363 g/mol. The van der Waals surface area contributed by atoms with E-state index in [0.29, 0.717) is 17.9 Å². The normalized spacial score (nSPS) is 14.5. The Morgan fingerprint density at radius 1 is 1.21 bits per heavy atom. The third-order valence-electron chi connectivity index (χ3n) is 4.88. The first kappa shape index (κ1) is 20.0. The number of benzene rings is 1. The number of nitrogens with zero attached hydrogens (tertiary/aromatic N) is 2. The Labute approximate surface area is 163 Å². The highest BCUT2D eigenvalue weighted by atomic mass is 19.1. The van der Waals surface area contributed by atoms with Gasteiger partial charge in [-0.1, -0.05) is 11.6 Å². The van der Waals surface area contributed by atoms with Crippen LogP contribution in [0.25, 0.3) is 11.3 Å². The van der Waals surface area contributed by atoms with Crippen LogP contribution in [0.15, 0.2) is 34.9 Å². The number of nitrogens with one attached hydrogen (secondary N) is 2. The van der Waals surface area contributed by atoms with Gasteiger partial charge in [-0.15, -0.1) is 0 Å². The molecule has 2 amide bonds. The van der Waals surface area contributed by atoms with Crippen molar-refractivity contribution >= 4 is 11.8 Å². The molecule has 0 aliphatic carbocycles. The second-order valence-corrected chi connectivity index (χ2v) is 6.97. The van der Waals surface area contributed by atoms with Crippen LogP contribution in [0, 0.1) is 11.7 Å². The molecule has 1 aliphatic rings. The zero-order chi connectivity index (χ0) is 19.9. The van der Waals surface area contributed by atoms with Gasteiger partial charge < -0.3 is 20.1 Å². The summed E-state index contributed by atoms with van der Waals surface area (Å²) in [5.41, 5.74) is 0.873. The summed E-state index contributed by atoms with van der Waals surface area (Å²) in [6.45, 7) is 3.21. The molecule has 1 aromatic heterocycles. The molecule has 1 fully saturated rings. The van der Waals surface area contributed by atoms with E-state index in [1.165, 1.54) is 12.1 Å². The lowest BCUT2D eigenvalue weighted by atomic mass is 9.99. The predicted molar refractivity (Wildman–Crippen MR) is 102 cm³/mol. The molecule has 1 aromatic carbocycles. The van der Waals surface area contributed by atoms with Gasteiger partial charge in [0.15, 0.2) is 11.5 Å². The number of hydrogen-bond donors (Lipinski definition) is 2. The second-order valence-electron chi connectivity index (χ2n) is 6.97. The van der Waals surface area contributed by atoms with Crippen LogP contribution in [0.4, 0.5) is 4.39 Å². The van der Waals surface area contributed by atoms with Gasteiger partial charge in [-0.2, -0.15) is 0 Å². The minimum Gasteiger partial charge on any atom is -0.359 e. The van der Waals surface area contributed by atoms with E-state index in [1.807, 2.05) is 0 Å². The summed E-state index contributed by atoms with van der Waals surface area (Å²) in [7, 11) is 1.67. The number of carbonyl (C=O) groups excluding carboxylic acids is 2. The van der Waals surface area contributed by atoms with Gasteiger partial charge in [0.25, 0.3) is 5.91 Å². The fraction of sp³-hybridized carbons (Fsp3) is 0.450. The molecule has 2 aromatic rings. The molecule has 2 heterocycles. The van der Waals surface area contributed by atoms with Crippen molar-refractivity contribution in [3.8, 4) is 11.3 Å². The molecule has 0 spiro atoms. The van der Waals surface area contributed by atoms with Crippen molar-refractivity contribution in [3.63, 3.8) is 0 Å². The van der Waals surface area contributed by atoms with E-state index in [-0.39, 0.29) is 29.2 Å². The molecule has 1 aliphatic heterocycles. The summed E-state index contributed by atoms with van der Waals surface area (Å²) in [5.74, 6) is 0.0607. The number of likely N-dealkylation sites (tertiary alicyclic amines) is 1. The van der Waals surface area contributed by atoms with Crippen molar-refractivity contribution in [2.45, 2.75) is 19.3 Å². The lowest BCUT2D eigenvalue weighted by Crippen LogP contribution is -2.53. The van der Waals surface area contributed by atoms with E-state index in [9.17, 15) is 14.0 Å². The molecule has 0 saturated carbocycles. The molecule has 0 atom stereocenters. The molecule has 8 heteroatoms. The summed E-state index contributed by atoms with van der Waals surface area (Å²) < 4.78 is 18.1. The van der Waals surface area contributed by atoms with Gasteiger partial charge in [0, 0.05) is 38.3 Å². The first-order chi connectivity index (χ1) is 13.6. The average Bonchev–Trinajstić information content (AvgIpc) is 3.16. The van der Waals surface area contributed by atoms with E-state index in [1.54, 1.807) is 25.2 Å². The summed E-state index contributed by atoms with van der Waals surface area (Å²) in [6, 6.07) is 7.36. The maximum absolute atomic E-state index is 13.0. The SMILES string of the molecule is CNC(=O)C1CN(CCCCCNC(=O)c2cc(-c3ccc(F)cc3)on2)C1. The number of rotatable bonds is 9. The van der Waals surface area contributed by atoms with E-state index in [0.717, 1.165) is 38.9 Å². The Morgan fingerprint density at radius 3 is 2.68 bits per heavy atom. The number of aromatic nitrogens is 1. The monoisotopic (exact) mass is 388 g/mol. The van der Waals surface area contributed by atoms with Crippen LogP contribution in [0.3, 0.4) is 0 Å². The fourth-order valence-corrected chi connectivity index (χ4v) is 3.18. The van der Waals surface area contributed by atoms with Gasteiger partial charge in [0.2, 0.25) is 5.91 Å². The third-order valence-corrected chi connectivity index (χ3v) is 4.88. The van der Waals surface area contributed by atoms with Crippen LogP contribution >= 0.6 is 0 Å². The van der Waals surface area contributed by atoms with E-state index in [4.69, 9.17) is 4.52 Å². The van der Waals surface area contributed by atoms with Gasteiger partial charge in [0.1, 0.15) is 5.82 Å². The van der Waals surface area contributed by atoms with Crippen molar-refractivity contribution in [3.05, 3.63) is 41.8 Å². The maximum atomic E-state index is 13.0. The van der Waals surface area contributed by atoms with Gasteiger partial charge in [0.05, 0.1) is 5.92 Å². The zero-order valence-corrected chi connectivity index (χ0v) is 15.9. The van der Waals surface area contributed by atoms with Crippen LogP contribution < -0.4 is 10.6 Å². The van der Waals surface area contributed by atoms with Gasteiger partial charge in [-0.3, -0.25) is 9.59 Å². The Balaban J connectivity index is 1.30. The quantitative estimate of drug-likeness (QED) is 0.642. The topological polar surface area (TPSA) is 87.5 Å². The third kappa shape index (κ3) is 5.16. The second kappa shape index (κ2) is 9.45. The Kier molecular flexibility index (Phi) is 6.76. The average molecular weight is 388 g/mol. The highest BCUT2D eigenvalue weighted by molar-refractivity contribution is 5.93. The van der Waals surface area contributed by atoms with E-state index >= 15 is 0 Å². The Hall–Kier alpha value is -2.74. The number of amides is 2. The summed E-state index contributed by atoms with van der Waals surface area (Å²) in [4.78, 5) is 25.8. The van der Waals surface area contributed by atoms with Gasteiger partial charge >= 0.3 is 0 Å². The standard InChI is InChI=1S/C20H25FN4O3/c1-22-19(26)15-12-25(13-15)10-4-2-3-9-23-20(27)17-11-18(28-24-17)14-5-7-16(21)8-6-14/h5-8,11,15H,2-4,9-10,12-13H2,1H3,(H,22,26)(H,23,27). The Bertz CT molecular complexity index is 800. The molecule has 7 nitrogen and oxygen atoms in total. The van der Waals surface area contributed by atoms with Crippen molar-refractivity contribution in [2.24, 2.45) is 5.92 Å². The number of carbonyl (C=O) groups is 2. The Morgan fingerprint density at radius 2 is 1.96 bits per heavy atom. The minimum absolute atomic E-state index is 0.120. The van der Waals surface area contributed by atoms with Crippen LogP contribution in [-0.2, 0) is 4.79 Å². The van der Waals surface area contributed by atoms with Crippen LogP contribution in [0.1, 0.15) is 29.8 Å². The molecule has 28 heavy (non-hydrogen) atoms. The summed E-state index contributed by atoms with van der Waals surface area (Å²) in [6.07, 6.45) is 2.91. The smallest absolute Gasteiger partial charge is 0.273 e. The minimum atomic E-state index is -0.332. The van der Waals surface area contributed by atoms with Crippen LogP contribution in [0.5, 0.6) is 0 Å². The van der Waals surface area contributed by atoms with Crippen molar-refractivity contribution in [2.75, 3.05) is 33.2 Å². The molecule has 2 N–H and O–H groups in total. The molecule has 0 radical (unpaired) electrons. The largest absolute Gasteiger partial charge is 0.359 e. The maximum Gasteiger partial charge on any atom is 0.273 e. The lowest BCUT2D eigenvalue weighted by molar-refractivity contribution is -0.129. The van der Waals surface area contributed by atoms with Crippen molar-refractivity contribution in [1.29, 1.82) is 0 Å². The fourth-order valence-electron chi connectivity index (χ4n) is 3.18. The van der Waals surface area contributed by atoms with Crippen LogP contribution in [-0.4, -0.2) is 55.1 Å². The molecular formula is C20H25FN4O3. The van der Waals surface area contributed by atoms with Crippen molar-refractivity contribution < 1.29 is 18.5 Å². The molecule has 1 saturated heterocycles. The van der Waals surface area contributed by atoms with Crippen molar-refractivity contribution in [1.82, 2.24) is 20.7 Å². The first-order valence-electron chi connectivity index (χ1n) is 9.51. The molecule has 0 unspecified atom stereocenters. The lowest BCUT2D eigenvalue weighted by Gasteiger charge is -2.37. The number of unbranched alkanes of at least 4 members (excludes halogenated alkanes) is 2. The van der Waals surface area contributed by atoms with Crippen LogP contribution in [0.2, 0.25) is 0 Å². The molecule has 0 bridgehead atoms.